The summed E-state index contributed by atoms with van der Waals surface area (Å²) in [6.45, 7) is 2.17. The van der Waals surface area contributed by atoms with Gasteiger partial charge >= 0.3 is 0 Å². The van der Waals surface area contributed by atoms with Crippen molar-refractivity contribution in [3.05, 3.63) is 17.5 Å². The van der Waals surface area contributed by atoms with E-state index in [9.17, 15) is 8.78 Å². The van der Waals surface area contributed by atoms with E-state index in [1.54, 1.807) is 13.0 Å². The second-order valence-electron chi connectivity index (χ2n) is 2.18. The average Bonchev–Trinajstić information content (AvgIpc) is 2.46. The molecule has 0 N–H and O–H groups in total. The minimum Gasteiger partial charge on any atom is -0.255 e. The summed E-state index contributed by atoms with van der Waals surface area (Å²) in [5.41, 5.74) is -0.341. The molecule has 0 aliphatic heterocycles. The molecule has 1 heterocycles. The minimum atomic E-state index is -2.63. The smallest absolute Gasteiger partial charge is 0.255 e. The number of alkyl halides is 2. The van der Waals surface area contributed by atoms with Gasteiger partial charge in [-0.05, 0) is 6.92 Å². The van der Waals surface area contributed by atoms with Crippen LogP contribution in [0.5, 0.6) is 0 Å². The van der Waals surface area contributed by atoms with E-state index in [1.807, 2.05) is 0 Å². The Hall–Kier alpha value is -1.44. The van der Waals surface area contributed by atoms with Crippen molar-refractivity contribution < 1.29 is 8.78 Å². The normalized spacial score (nSPS) is 10.2. The van der Waals surface area contributed by atoms with Crippen LogP contribution in [0.1, 0.15) is 24.6 Å². The molecule has 0 atom stereocenters. The van der Waals surface area contributed by atoms with Crippen molar-refractivity contribution in [2.45, 2.75) is 19.9 Å². The summed E-state index contributed by atoms with van der Waals surface area (Å²) in [4.78, 5) is 0. The Morgan fingerprint density at radius 3 is 2.83 bits per heavy atom. The lowest BCUT2D eigenvalue weighted by molar-refractivity contribution is 0.151. The lowest BCUT2D eigenvalue weighted by Gasteiger charge is -1.97. The summed E-state index contributed by atoms with van der Waals surface area (Å²) < 4.78 is 25.6. The summed E-state index contributed by atoms with van der Waals surface area (Å²) in [5.74, 6) is 0. The molecule has 1 rings (SSSR count). The highest BCUT2D eigenvalue weighted by molar-refractivity contribution is 5.30. The van der Waals surface area contributed by atoms with Gasteiger partial charge in [-0.3, -0.25) is 4.68 Å². The summed E-state index contributed by atoms with van der Waals surface area (Å²) in [6.07, 6.45) is -1.59. The van der Waals surface area contributed by atoms with E-state index in [0.29, 0.717) is 6.54 Å². The first-order valence-corrected chi connectivity index (χ1v) is 3.44. The molecule has 0 saturated carbocycles. The molecule has 5 heteroatoms. The number of nitriles is 1. The minimum absolute atomic E-state index is 0.0486. The molecule has 1 aromatic rings. The van der Waals surface area contributed by atoms with Crippen LogP contribution in [0.4, 0.5) is 8.78 Å². The van der Waals surface area contributed by atoms with Gasteiger partial charge in [0.1, 0.15) is 11.8 Å². The van der Waals surface area contributed by atoms with Crippen LogP contribution in [-0.4, -0.2) is 9.78 Å². The lowest BCUT2D eigenvalue weighted by Crippen LogP contribution is -2.00. The van der Waals surface area contributed by atoms with Gasteiger partial charge in [-0.1, -0.05) is 0 Å². The number of hydrogen-bond donors (Lipinski definition) is 0. The van der Waals surface area contributed by atoms with E-state index < -0.39 is 6.43 Å². The number of aromatic nitrogens is 2. The highest BCUT2D eigenvalue weighted by Crippen LogP contribution is 2.21. The summed E-state index contributed by atoms with van der Waals surface area (Å²) >= 11 is 0. The molecular weight excluding hydrogens is 164 g/mol. The average molecular weight is 171 g/mol. The van der Waals surface area contributed by atoms with Gasteiger partial charge in [0.25, 0.3) is 6.43 Å². The predicted octanol–water partition coefficient (Wildman–Crippen LogP) is 1.71. The SMILES string of the molecule is CCn1ncc(C(F)F)c1C#N. The number of hydrogen-bond acceptors (Lipinski definition) is 2. The van der Waals surface area contributed by atoms with E-state index in [4.69, 9.17) is 5.26 Å². The zero-order chi connectivity index (χ0) is 9.14. The van der Waals surface area contributed by atoms with E-state index in [-0.39, 0.29) is 11.3 Å². The number of halogens is 2. The Bertz CT molecular complexity index is 311. The molecule has 1 aromatic heterocycles. The van der Waals surface area contributed by atoms with Gasteiger partial charge in [-0.25, -0.2) is 8.78 Å². The molecule has 0 fully saturated rings. The Balaban J connectivity index is 3.16. The maximum absolute atomic E-state index is 12.2. The number of aryl methyl sites for hydroxylation is 1. The van der Waals surface area contributed by atoms with Crippen LogP contribution in [0.3, 0.4) is 0 Å². The first-order valence-electron chi connectivity index (χ1n) is 3.44. The standard InChI is InChI=1S/C7H7F2N3/c1-2-12-6(3-10)5(4-11-12)7(8)9/h4,7H,2H2,1H3. The van der Waals surface area contributed by atoms with Crippen molar-refractivity contribution in [3.63, 3.8) is 0 Å². The molecule has 64 valence electrons. The van der Waals surface area contributed by atoms with Gasteiger partial charge in [0.15, 0.2) is 0 Å². The monoisotopic (exact) mass is 171 g/mol. The third kappa shape index (κ3) is 1.28. The van der Waals surface area contributed by atoms with Crippen LogP contribution in [0, 0.1) is 11.3 Å². The Morgan fingerprint density at radius 1 is 1.75 bits per heavy atom. The summed E-state index contributed by atoms with van der Waals surface area (Å²) in [7, 11) is 0. The van der Waals surface area contributed by atoms with Crippen molar-refractivity contribution in [1.29, 1.82) is 5.26 Å². The Kier molecular flexibility index (Phi) is 2.38. The maximum Gasteiger partial charge on any atom is 0.268 e. The topological polar surface area (TPSA) is 41.6 Å². The molecule has 3 nitrogen and oxygen atoms in total. The first kappa shape index (κ1) is 8.65. The second-order valence-corrected chi connectivity index (χ2v) is 2.18. The molecule has 0 aromatic carbocycles. The highest BCUT2D eigenvalue weighted by atomic mass is 19.3. The van der Waals surface area contributed by atoms with Crippen molar-refractivity contribution in [2.24, 2.45) is 0 Å². The van der Waals surface area contributed by atoms with Gasteiger partial charge in [-0.15, -0.1) is 0 Å². The molecule has 0 bridgehead atoms. The van der Waals surface area contributed by atoms with Crippen LogP contribution >= 0.6 is 0 Å². The molecular formula is C7H7F2N3. The van der Waals surface area contributed by atoms with Gasteiger partial charge in [-0.2, -0.15) is 10.4 Å². The van der Waals surface area contributed by atoms with Gasteiger partial charge in [0.2, 0.25) is 0 Å². The lowest BCUT2D eigenvalue weighted by atomic mass is 10.3. The Morgan fingerprint density at radius 2 is 2.42 bits per heavy atom. The van der Waals surface area contributed by atoms with Gasteiger partial charge in [0, 0.05) is 6.54 Å². The third-order valence-electron chi connectivity index (χ3n) is 1.51. The van der Waals surface area contributed by atoms with E-state index in [2.05, 4.69) is 5.10 Å². The van der Waals surface area contributed by atoms with Gasteiger partial charge in [0.05, 0.1) is 11.8 Å². The van der Waals surface area contributed by atoms with Crippen molar-refractivity contribution >= 4 is 0 Å². The van der Waals surface area contributed by atoms with Crippen molar-refractivity contribution in [3.8, 4) is 6.07 Å². The first-order chi connectivity index (χ1) is 5.70. The quantitative estimate of drug-likeness (QED) is 0.679. The molecule has 0 aliphatic carbocycles. The van der Waals surface area contributed by atoms with Crippen molar-refractivity contribution in [1.82, 2.24) is 9.78 Å². The number of rotatable bonds is 2. The fourth-order valence-corrected chi connectivity index (χ4v) is 0.922. The zero-order valence-electron chi connectivity index (χ0n) is 6.46. The van der Waals surface area contributed by atoms with Crippen LogP contribution < -0.4 is 0 Å². The molecule has 0 amide bonds. The second kappa shape index (κ2) is 3.30. The zero-order valence-corrected chi connectivity index (χ0v) is 6.46. The summed E-state index contributed by atoms with van der Waals surface area (Å²) in [6, 6.07) is 1.70. The fourth-order valence-electron chi connectivity index (χ4n) is 0.922. The molecule has 0 aliphatic rings. The largest absolute Gasteiger partial charge is 0.268 e. The van der Waals surface area contributed by atoms with E-state index in [1.165, 1.54) is 4.68 Å². The predicted molar refractivity (Wildman–Crippen MR) is 37.6 cm³/mol. The third-order valence-corrected chi connectivity index (χ3v) is 1.51. The maximum atomic E-state index is 12.2. The molecule has 0 unspecified atom stereocenters. The molecule has 0 saturated heterocycles. The number of nitrogens with zero attached hydrogens (tertiary/aromatic N) is 3. The molecule has 0 spiro atoms. The van der Waals surface area contributed by atoms with Crippen LogP contribution in [0.15, 0.2) is 6.20 Å². The van der Waals surface area contributed by atoms with E-state index >= 15 is 0 Å². The van der Waals surface area contributed by atoms with Crippen molar-refractivity contribution in [2.75, 3.05) is 0 Å². The summed E-state index contributed by atoms with van der Waals surface area (Å²) in [5, 5.41) is 12.2. The van der Waals surface area contributed by atoms with E-state index in [0.717, 1.165) is 6.20 Å². The Labute approximate surface area is 68.2 Å². The fraction of sp³-hybridized carbons (Fsp3) is 0.429. The molecule has 12 heavy (non-hydrogen) atoms. The van der Waals surface area contributed by atoms with Gasteiger partial charge < -0.3 is 0 Å². The molecule has 0 radical (unpaired) electrons. The highest BCUT2D eigenvalue weighted by Gasteiger charge is 2.17. The van der Waals surface area contributed by atoms with Crippen LogP contribution in [0.2, 0.25) is 0 Å². The van der Waals surface area contributed by atoms with Crippen LogP contribution in [0.25, 0.3) is 0 Å². The van der Waals surface area contributed by atoms with Crippen LogP contribution in [-0.2, 0) is 6.54 Å².